The minimum absolute atomic E-state index is 0.274. The Morgan fingerprint density at radius 3 is 2.28 bits per heavy atom. The summed E-state index contributed by atoms with van der Waals surface area (Å²) in [6.45, 7) is 0.478. The average molecular weight is 493 g/mol. The molecule has 0 saturated heterocycles. The second-order valence-electron chi connectivity index (χ2n) is 8.20. The van der Waals surface area contributed by atoms with Crippen LogP contribution >= 0.6 is 12.2 Å². The lowest BCUT2D eigenvalue weighted by Crippen LogP contribution is -2.45. The number of amides is 1. The second kappa shape index (κ2) is 10.8. The summed E-state index contributed by atoms with van der Waals surface area (Å²) in [7, 11) is 0. The molecule has 1 atom stereocenters. The van der Waals surface area contributed by atoms with Gasteiger partial charge in [0.1, 0.15) is 18.2 Å². The van der Waals surface area contributed by atoms with E-state index in [-0.39, 0.29) is 5.91 Å². The van der Waals surface area contributed by atoms with E-state index in [1.807, 2.05) is 91.0 Å². The number of thiocarbonyl (C=S) groups is 1. The van der Waals surface area contributed by atoms with Crippen molar-refractivity contribution < 1.29 is 9.53 Å². The molecule has 0 bridgehead atoms. The van der Waals surface area contributed by atoms with Crippen LogP contribution in [0.3, 0.4) is 0 Å². The molecule has 36 heavy (non-hydrogen) atoms. The number of hydrogen-bond donors (Lipinski definition) is 3. The van der Waals surface area contributed by atoms with Crippen LogP contribution in [-0.4, -0.2) is 16.0 Å². The molecule has 5 rings (SSSR count). The Bertz CT molecular complexity index is 1380. The molecule has 3 aromatic carbocycles. The van der Waals surface area contributed by atoms with E-state index in [4.69, 9.17) is 17.0 Å². The van der Waals surface area contributed by atoms with Gasteiger partial charge < -0.3 is 20.7 Å². The number of nitrogens with zero attached hydrogens (tertiary/aromatic N) is 1. The quantitative estimate of drug-likeness (QED) is 0.307. The number of carbonyl (C=O) groups excluding carboxylic acids is 1. The predicted octanol–water partition coefficient (Wildman–Crippen LogP) is 5.23. The number of ether oxygens (including phenoxy) is 1. The minimum Gasteiger partial charge on any atom is -0.489 e. The van der Waals surface area contributed by atoms with E-state index in [0.29, 0.717) is 28.8 Å². The molecule has 1 aromatic heterocycles. The number of benzene rings is 3. The van der Waals surface area contributed by atoms with E-state index < -0.39 is 6.04 Å². The summed E-state index contributed by atoms with van der Waals surface area (Å²) < 4.78 is 5.94. The maximum Gasteiger partial charge on any atom is 0.257 e. The van der Waals surface area contributed by atoms with Crippen LogP contribution in [0.5, 0.6) is 5.75 Å². The van der Waals surface area contributed by atoms with Gasteiger partial charge in [-0.05, 0) is 53.2 Å². The monoisotopic (exact) mass is 492 g/mol. The summed E-state index contributed by atoms with van der Waals surface area (Å²) in [6.07, 6.45) is 1.64. The minimum atomic E-state index is -0.471. The molecule has 7 heteroatoms. The Hall–Kier alpha value is -4.49. The van der Waals surface area contributed by atoms with Crippen molar-refractivity contribution in [2.75, 3.05) is 5.32 Å². The van der Waals surface area contributed by atoms with Gasteiger partial charge in [0.15, 0.2) is 5.11 Å². The van der Waals surface area contributed by atoms with Crippen molar-refractivity contribution in [1.29, 1.82) is 0 Å². The maximum absolute atomic E-state index is 13.6. The predicted molar refractivity (Wildman–Crippen MR) is 145 cm³/mol. The molecule has 4 aromatic rings. The fourth-order valence-corrected chi connectivity index (χ4v) is 4.23. The molecule has 1 aliphatic rings. The third-order valence-electron chi connectivity index (χ3n) is 5.75. The first-order valence-electron chi connectivity index (χ1n) is 11.5. The number of carbonyl (C=O) groups is 1. The Kier molecular flexibility index (Phi) is 7.00. The highest BCUT2D eigenvalue weighted by Crippen LogP contribution is 2.32. The molecule has 178 valence electrons. The van der Waals surface area contributed by atoms with Gasteiger partial charge in [-0.15, -0.1) is 0 Å². The Morgan fingerprint density at radius 2 is 1.58 bits per heavy atom. The largest absolute Gasteiger partial charge is 0.489 e. The molecule has 0 spiro atoms. The Balaban J connectivity index is 1.47. The number of rotatable bonds is 7. The van der Waals surface area contributed by atoms with Crippen LogP contribution in [0.2, 0.25) is 0 Å². The first kappa shape index (κ1) is 23.3. The van der Waals surface area contributed by atoms with E-state index in [1.165, 1.54) is 0 Å². The van der Waals surface area contributed by atoms with Crippen molar-refractivity contribution in [1.82, 2.24) is 15.6 Å². The number of aromatic nitrogens is 1. The Labute approximate surface area is 215 Å². The molecule has 0 radical (unpaired) electrons. The lowest BCUT2D eigenvalue weighted by molar-refractivity contribution is -0.113. The zero-order valence-corrected chi connectivity index (χ0v) is 20.2. The highest BCUT2D eigenvalue weighted by molar-refractivity contribution is 7.80. The van der Waals surface area contributed by atoms with Crippen LogP contribution in [0, 0.1) is 0 Å². The number of anilines is 1. The molecule has 6 nitrogen and oxygen atoms in total. The van der Waals surface area contributed by atoms with Gasteiger partial charge in [0.05, 0.1) is 17.3 Å². The highest BCUT2D eigenvalue weighted by atomic mass is 32.1. The number of pyridine rings is 1. The molecule has 1 unspecified atom stereocenters. The first-order chi connectivity index (χ1) is 17.7. The normalized spacial score (nSPS) is 15.0. The van der Waals surface area contributed by atoms with E-state index in [9.17, 15) is 4.79 Å². The lowest BCUT2D eigenvalue weighted by Gasteiger charge is -2.31. The molecule has 1 amide bonds. The summed E-state index contributed by atoms with van der Waals surface area (Å²) in [6, 6.07) is 32.3. The summed E-state index contributed by atoms with van der Waals surface area (Å²) in [5.74, 6) is 0.939. The zero-order valence-electron chi connectivity index (χ0n) is 19.3. The van der Waals surface area contributed by atoms with Gasteiger partial charge in [0.25, 0.3) is 5.91 Å². The summed E-state index contributed by atoms with van der Waals surface area (Å²) in [5, 5.41) is 9.82. The third-order valence-corrected chi connectivity index (χ3v) is 5.97. The van der Waals surface area contributed by atoms with Crippen LogP contribution in [-0.2, 0) is 11.4 Å². The van der Waals surface area contributed by atoms with Gasteiger partial charge in [0.2, 0.25) is 0 Å². The zero-order chi connectivity index (χ0) is 24.7. The highest BCUT2D eigenvalue weighted by Gasteiger charge is 2.32. The van der Waals surface area contributed by atoms with E-state index in [2.05, 4.69) is 20.9 Å². The van der Waals surface area contributed by atoms with Crippen molar-refractivity contribution in [2.24, 2.45) is 0 Å². The van der Waals surface area contributed by atoms with Crippen molar-refractivity contribution in [3.8, 4) is 5.75 Å². The van der Waals surface area contributed by atoms with E-state index in [0.717, 1.165) is 22.4 Å². The summed E-state index contributed by atoms with van der Waals surface area (Å²) in [4.78, 5) is 17.9. The fraction of sp³-hybridized carbons (Fsp3) is 0.0690. The SMILES string of the molecule is O=C(Nc1ccccn1)C1=C(c2ccccc2)NC(=S)NC1c1ccc(OCc2ccccc2)cc1. The molecule has 0 saturated carbocycles. The van der Waals surface area contributed by atoms with Crippen LogP contribution in [0.25, 0.3) is 5.70 Å². The fourth-order valence-electron chi connectivity index (χ4n) is 4.01. The average Bonchev–Trinajstić information content (AvgIpc) is 2.93. The number of nitrogens with one attached hydrogen (secondary N) is 3. The molecule has 0 aliphatic carbocycles. The van der Waals surface area contributed by atoms with Gasteiger partial charge in [-0.3, -0.25) is 4.79 Å². The molecule has 3 N–H and O–H groups in total. The summed E-state index contributed by atoms with van der Waals surface area (Å²) >= 11 is 5.53. The standard InChI is InChI=1S/C29H24N4O2S/c34-28(31-24-13-7-8-18-30-24)25-26(21-11-5-2-6-12-21)32-29(36)33-27(25)22-14-16-23(17-15-22)35-19-20-9-3-1-4-10-20/h1-18,27H,19H2,(H,30,31,34)(H2,32,33,36). The Morgan fingerprint density at radius 1 is 0.889 bits per heavy atom. The van der Waals surface area contributed by atoms with E-state index >= 15 is 0 Å². The molecular formula is C29H24N4O2S. The number of hydrogen-bond acceptors (Lipinski definition) is 4. The van der Waals surface area contributed by atoms with Crippen molar-refractivity contribution >= 4 is 34.8 Å². The molecule has 0 fully saturated rings. The van der Waals surface area contributed by atoms with Gasteiger partial charge >= 0.3 is 0 Å². The van der Waals surface area contributed by atoms with Crippen LogP contribution in [0.15, 0.2) is 115 Å². The smallest absolute Gasteiger partial charge is 0.257 e. The summed E-state index contributed by atoms with van der Waals surface area (Å²) in [5.41, 5.74) is 4.00. The molecule has 1 aliphatic heterocycles. The van der Waals surface area contributed by atoms with Crippen LogP contribution in [0.1, 0.15) is 22.7 Å². The third kappa shape index (κ3) is 5.42. The van der Waals surface area contributed by atoms with Crippen LogP contribution < -0.4 is 20.7 Å². The molecule has 2 heterocycles. The van der Waals surface area contributed by atoms with Crippen molar-refractivity contribution in [3.05, 3.63) is 132 Å². The van der Waals surface area contributed by atoms with Crippen molar-refractivity contribution in [2.45, 2.75) is 12.6 Å². The van der Waals surface area contributed by atoms with Gasteiger partial charge in [0, 0.05) is 6.20 Å². The second-order valence-corrected chi connectivity index (χ2v) is 8.61. The lowest BCUT2D eigenvalue weighted by atomic mass is 9.92. The van der Waals surface area contributed by atoms with Gasteiger partial charge in [-0.1, -0.05) is 78.9 Å². The van der Waals surface area contributed by atoms with Gasteiger partial charge in [-0.25, -0.2) is 4.98 Å². The topological polar surface area (TPSA) is 75.3 Å². The molecular weight excluding hydrogens is 468 g/mol. The van der Waals surface area contributed by atoms with E-state index in [1.54, 1.807) is 18.3 Å². The van der Waals surface area contributed by atoms with Crippen LogP contribution in [0.4, 0.5) is 5.82 Å². The first-order valence-corrected chi connectivity index (χ1v) is 11.9. The van der Waals surface area contributed by atoms with Crippen molar-refractivity contribution in [3.63, 3.8) is 0 Å². The van der Waals surface area contributed by atoms with Gasteiger partial charge in [-0.2, -0.15) is 0 Å². The maximum atomic E-state index is 13.6.